The molecule has 1 fully saturated rings. The number of amides is 1. The third-order valence-corrected chi connectivity index (χ3v) is 8.62. The van der Waals surface area contributed by atoms with Crippen molar-refractivity contribution in [3.63, 3.8) is 0 Å². The van der Waals surface area contributed by atoms with Crippen molar-refractivity contribution in [2.75, 3.05) is 18.0 Å². The van der Waals surface area contributed by atoms with Crippen LogP contribution in [0.2, 0.25) is 0 Å². The predicted molar refractivity (Wildman–Crippen MR) is 129 cm³/mol. The molecular weight excluding hydrogens is 452 g/mol. The Morgan fingerprint density at radius 3 is 2.41 bits per heavy atom. The van der Waals surface area contributed by atoms with Crippen LogP contribution in [-0.4, -0.2) is 32.6 Å². The number of carbonyl (C=O) groups is 1. The molecule has 2 aliphatic rings. The van der Waals surface area contributed by atoms with Gasteiger partial charge < -0.3 is 14.0 Å². The minimum atomic E-state index is -4.22. The summed E-state index contributed by atoms with van der Waals surface area (Å²) in [7, 11) is -2.79. The van der Waals surface area contributed by atoms with Gasteiger partial charge in [0, 0.05) is 24.1 Å². The monoisotopic (exact) mass is 480 g/mol. The summed E-state index contributed by atoms with van der Waals surface area (Å²) in [6.45, 7) is 2.39. The van der Waals surface area contributed by atoms with Crippen LogP contribution in [0.1, 0.15) is 44.6 Å². The third kappa shape index (κ3) is 3.39. The SMILES string of the molecule is CCOc1ccc2c(c1)C1(CCCCC1)C(=O)N2S(=O)(=O)c1ccc(-n2cccc2)cc1OC. The summed E-state index contributed by atoms with van der Waals surface area (Å²) in [5.41, 5.74) is 1.08. The van der Waals surface area contributed by atoms with E-state index in [4.69, 9.17) is 9.47 Å². The second-order valence-electron chi connectivity index (χ2n) is 8.75. The normalized spacial score (nSPS) is 17.1. The second kappa shape index (κ2) is 8.51. The Bertz CT molecular complexity index is 1330. The van der Waals surface area contributed by atoms with Crippen LogP contribution in [0, 0.1) is 0 Å². The zero-order valence-corrected chi connectivity index (χ0v) is 20.2. The van der Waals surface area contributed by atoms with Gasteiger partial charge in [-0.15, -0.1) is 0 Å². The maximum Gasteiger partial charge on any atom is 0.274 e. The van der Waals surface area contributed by atoms with Gasteiger partial charge in [0.2, 0.25) is 0 Å². The Hall–Kier alpha value is -3.26. The van der Waals surface area contributed by atoms with Crippen molar-refractivity contribution in [2.24, 2.45) is 0 Å². The highest BCUT2D eigenvalue weighted by molar-refractivity contribution is 7.93. The summed E-state index contributed by atoms with van der Waals surface area (Å²) in [4.78, 5) is 13.9. The van der Waals surface area contributed by atoms with E-state index < -0.39 is 15.4 Å². The van der Waals surface area contributed by atoms with Gasteiger partial charge in [0.1, 0.15) is 16.4 Å². The summed E-state index contributed by atoms with van der Waals surface area (Å²) in [6.07, 6.45) is 7.79. The predicted octanol–water partition coefficient (Wildman–Crippen LogP) is 4.82. The van der Waals surface area contributed by atoms with E-state index in [0.29, 0.717) is 30.9 Å². The molecule has 1 amide bonds. The largest absolute Gasteiger partial charge is 0.495 e. The highest BCUT2D eigenvalue weighted by Crippen LogP contribution is 2.53. The van der Waals surface area contributed by atoms with Crippen LogP contribution in [0.25, 0.3) is 5.69 Å². The van der Waals surface area contributed by atoms with Gasteiger partial charge in [-0.25, -0.2) is 12.7 Å². The molecule has 5 rings (SSSR count). The lowest BCUT2D eigenvalue weighted by molar-refractivity contribution is -0.123. The number of hydrogen-bond donors (Lipinski definition) is 0. The lowest BCUT2D eigenvalue weighted by atomic mass is 9.70. The molecule has 1 aromatic heterocycles. The fourth-order valence-electron chi connectivity index (χ4n) is 5.26. The molecule has 2 heterocycles. The third-order valence-electron chi connectivity index (χ3n) is 6.88. The molecule has 7 nitrogen and oxygen atoms in total. The van der Waals surface area contributed by atoms with E-state index in [2.05, 4.69) is 0 Å². The van der Waals surface area contributed by atoms with E-state index >= 15 is 0 Å². The molecule has 0 radical (unpaired) electrons. The van der Waals surface area contributed by atoms with Gasteiger partial charge in [-0.3, -0.25) is 4.79 Å². The molecule has 34 heavy (non-hydrogen) atoms. The molecule has 1 aliphatic carbocycles. The Kier molecular flexibility index (Phi) is 5.64. The van der Waals surface area contributed by atoms with Crippen molar-refractivity contribution in [1.29, 1.82) is 0 Å². The summed E-state index contributed by atoms with van der Waals surface area (Å²) in [5.74, 6) is 0.454. The zero-order valence-electron chi connectivity index (χ0n) is 19.4. The minimum Gasteiger partial charge on any atom is -0.495 e. The maximum atomic E-state index is 14.0. The van der Waals surface area contributed by atoms with Crippen LogP contribution in [0.15, 0.2) is 65.8 Å². The van der Waals surface area contributed by atoms with Crippen LogP contribution in [0.5, 0.6) is 11.5 Å². The van der Waals surface area contributed by atoms with E-state index in [-0.39, 0.29) is 16.6 Å². The number of rotatable bonds is 6. The van der Waals surface area contributed by atoms with Crippen LogP contribution in [0.4, 0.5) is 5.69 Å². The first-order valence-electron chi connectivity index (χ1n) is 11.6. The fraction of sp³-hybridized carbons (Fsp3) is 0.346. The molecule has 2 aromatic carbocycles. The number of anilines is 1. The van der Waals surface area contributed by atoms with Gasteiger partial charge in [-0.2, -0.15) is 0 Å². The van der Waals surface area contributed by atoms with E-state index in [9.17, 15) is 13.2 Å². The van der Waals surface area contributed by atoms with Crippen LogP contribution < -0.4 is 13.8 Å². The second-order valence-corrected chi connectivity index (χ2v) is 10.5. The first-order chi connectivity index (χ1) is 16.4. The number of fused-ring (bicyclic) bond motifs is 2. The maximum absolute atomic E-state index is 14.0. The smallest absolute Gasteiger partial charge is 0.274 e. The Morgan fingerprint density at radius 1 is 1.00 bits per heavy atom. The molecule has 3 aromatic rings. The fourth-order valence-corrected chi connectivity index (χ4v) is 6.91. The lowest BCUT2D eigenvalue weighted by Gasteiger charge is -2.32. The summed E-state index contributed by atoms with van der Waals surface area (Å²) in [6, 6.07) is 13.9. The van der Waals surface area contributed by atoms with E-state index in [1.807, 2.05) is 42.1 Å². The summed E-state index contributed by atoms with van der Waals surface area (Å²) in [5, 5.41) is 0. The van der Waals surface area contributed by atoms with Crippen molar-refractivity contribution in [3.8, 4) is 17.2 Å². The first kappa shape index (κ1) is 22.5. The molecule has 1 spiro atoms. The highest BCUT2D eigenvalue weighted by Gasteiger charge is 2.55. The molecule has 1 aliphatic heterocycles. The van der Waals surface area contributed by atoms with Gasteiger partial charge in [-0.05, 0) is 67.8 Å². The van der Waals surface area contributed by atoms with Crippen molar-refractivity contribution < 1.29 is 22.7 Å². The number of hydrogen-bond acceptors (Lipinski definition) is 5. The van der Waals surface area contributed by atoms with E-state index in [0.717, 1.165) is 34.8 Å². The number of sulfonamides is 1. The van der Waals surface area contributed by atoms with E-state index in [1.165, 1.54) is 13.2 Å². The van der Waals surface area contributed by atoms with Crippen molar-refractivity contribution in [1.82, 2.24) is 4.57 Å². The topological polar surface area (TPSA) is 77.8 Å². The first-order valence-corrected chi connectivity index (χ1v) is 13.0. The number of carbonyl (C=O) groups excluding carboxylic acids is 1. The van der Waals surface area contributed by atoms with Crippen molar-refractivity contribution in [3.05, 3.63) is 66.5 Å². The number of ether oxygens (including phenoxy) is 2. The quantitative estimate of drug-likeness (QED) is 0.505. The summed E-state index contributed by atoms with van der Waals surface area (Å²) >= 11 is 0. The molecule has 0 bridgehead atoms. The van der Waals surface area contributed by atoms with Gasteiger partial charge >= 0.3 is 0 Å². The minimum absolute atomic E-state index is 0.0352. The Morgan fingerprint density at radius 2 is 1.74 bits per heavy atom. The zero-order chi connectivity index (χ0) is 23.9. The molecule has 0 unspecified atom stereocenters. The molecule has 178 valence electrons. The van der Waals surface area contributed by atoms with Gasteiger partial charge in [0.05, 0.1) is 24.8 Å². The Balaban J connectivity index is 1.64. The van der Waals surface area contributed by atoms with Gasteiger partial charge in [-0.1, -0.05) is 19.3 Å². The average Bonchev–Trinajstić information content (AvgIpc) is 3.46. The van der Waals surface area contributed by atoms with Crippen molar-refractivity contribution in [2.45, 2.75) is 49.3 Å². The number of methoxy groups -OCH3 is 1. The molecule has 1 saturated carbocycles. The van der Waals surface area contributed by atoms with Gasteiger partial charge in [0.15, 0.2) is 0 Å². The number of nitrogens with zero attached hydrogens (tertiary/aromatic N) is 2. The van der Waals surface area contributed by atoms with E-state index in [1.54, 1.807) is 24.3 Å². The molecular formula is C26H28N2O5S. The number of benzene rings is 2. The van der Waals surface area contributed by atoms with Crippen LogP contribution >= 0.6 is 0 Å². The standard InChI is InChI=1S/C26H28N2O5S/c1-3-33-20-10-11-22-21(18-20)26(13-5-4-6-14-26)25(29)28(22)34(30,31)24-12-9-19(17-23(24)32-2)27-15-7-8-16-27/h7-12,15-18H,3-6,13-14H2,1-2H3. The van der Waals surface area contributed by atoms with Crippen LogP contribution in [0.3, 0.4) is 0 Å². The molecule has 0 N–H and O–H groups in total. The van der Waals surface area contributed by atoms with Crippen LogP contribution in [-0.2, 0) is 20.2 Å². The van der Waals surface area contributed by atoms with Gasteiger partial charge in [0.25, 0.3) is 15.9 Å². The molecule has 0 atom stereocenters. The lowest BCUT2D eigenvalue weighted by Crippen LogP contribution is -2.44. The Labute approximate surface area is 200 Å². The number of aromatic nitrogens is 1. The average molecular weight is 481 g/mol. The molecule has 8 heteroatoms. The van der Waals surface area contributed by atoms with Crippen molar-refractivity contribution >= 4 is 21.6 Å². The highest BCUT2D eigenvalue weighted by atomic mass is 32.2. The summed E-state index contributed by atoms with van der Waals surface area (Å²) < 4.78 is 42.1. The molecule has 0 saturated heterocycles.